The molecule has 2 aromatic carbocycles. The maximum Gasteiger partial charge on any atom is 0.253 e. The van der Waals surface area contributed by atoms with Gasteiger partial charge in [0, 0.05) is 18.7 Å². The Labute approximate surface area is 149 Å². The van der Waals surface area contributed by atoms with Gasteiger partial charge in [-0.15, -0.1) is 0 Å². The van der Waals surface area contributed by atoms with E-state index in [0.29, 0.717) is 12.1 Å². The van der Waals surface area contributed by atoms with Crippen molar-refractivity contribution in [3.8, 4) is 6.07 Å². The van der Waals surface area contributed by atoms with Crippen LogP contribution in [-0.4, -0.2) is 23.9 Å². The molecule has 0 N–H and O–H groups in total. The van der Waals surface area contributed by atoms with Crippen LogP contribution in [-0.2, 0) is 0 Å². The number of unbranched alkanes of at least 4 members (excludes halogenated alkanes) is 1. The third kappa shape index (κ3) is 3.91. The Balaban J connectivity index is 1.86. The van der Waals surface area contributed by atoms with Crippen molar-refractivity contribution in [1.29, 1.82) is 5.26 Å². The number of benzene rings is 2. The van der Waals surface area contributed by atoms with Gasteiger partial charge < -0.3 is 4.90 Å². The molecule has 0 radical (unpaired) electrons. The lowest BCUT2D eigenvalue weighted by Crippen LogP contribution is -2.39. The fourth-order valence-corrected chi connectivity index (χ4v) is 3.41. The molecule has 0 saturated carbocycles. The summed E-state index contributed by atoms with van der Waals surface area (Å²) in [5.74, 6) is 0.00207. The maximum atomic E-state index is 12.8. The highest BCUT2D eigenvalue weighted by Crippen LogP contribution is 2.24. The number of likely N-dealkylation sites (tertiary alicyclic amines) is 1. The van der Waals surface area contributed by atoms with Gasteiger partial charge >= 0.3 is 0 Å². The summed E-state index contributed by atoms with van der Waals surface area (Å²) in [5, 5.41) is 11.4. The van der Waals surface area contributed by atoms with E-state index in [1.54, 1.807) is 0 Å². The number of fused-ring (bicyclic) bond motifs is 1. The van der Waals surface area contributed by atoms with Gasteiger partial charge in [-0.2, -0.15) is 5.26 Å². The molecule has 0 spiro atoms. The lowest BCUT2D eigenvalue weighted by Gasteiger charge is -2.29. The second-order valence-electron chi connectivity index (χ2n) is 6.69. The lowest BCUT2D eigenvalue weighted by molar-refractivity contribution is 0.0699. The van der Waals surface area contributed by atoms with Crippen LogP contribution in [0.25, 0.3) is 16.8 Å². The van der Waals surface area contributed by atoms with Crippen LogP contribution in [0.15, 0.2) is 42.5 Å². The molecule has 1 amide bonds. The average Bonchev–Trinajstić information content (AvgIpc) is 2.67. The van der Waals surface area contributed by atoms with Crippen LogP contribution in [0.1, 0.15) is 48.5 Å². The van der Waals surface area contributed by atoms with Gasteiger partial charge in [-0.3, -0.25) is 4.79 Å². The molecule has 3 nitrogen and oxygen atoms in total. The Hall–Kier alpha value is -2.60. The molecule has 1 fully saturated rings. The maximum absolute atomic E-state index is 12.8. The van der Waals surface area contributed by atoms with Crippen LogP contribution in [0.2, 0.25) is 0 Å². The number of hydrogen-bond acceptors (Lipinski definition) is 2. The Morgan fingerprint density at radius 2 is 2.24 bits per heavy atom. The van der Waals surface area contributed by atoms with Crippen LogP contribution >= 0.6 is 0 Å². The zero-order valence-electron chi connectivity index (χ0n) is 14.7. The first-order chi connectivity index (χ1) is 12.2. The minimum Gasteiger partial charge on any atom is -0.337 e. The molecule has 0 bridgehead atoms. The second kappa shape index (κ2) is 7.98. The zero-order chi connectivity index (χ0) is 17.6. The molecule has 1 aliphatic rings. The molecule has 1 saturated heterocycles. The Bertz CT molecular complexity index is 832. The second-order valence-corrected chi connectivity index (χ2v) is 6.69. The van der Waals surface area contributed by atoms with Crippen molar-refractivity contribution in [3.63, 3.8) is 0 Å². The molecule has 2 aromatic rings. The van der Waals surface area contributed by atoms with Crippen molar-refractivity contribution in [2.24, 2.45) is 5.92 Å². The molecule has 3 heteroatoms. The monoisotopic (exact) mass is 332 g/mol. The topological polar surface area (TPSA) is 44.1 Å². The van der Waals surface area contributed by atoms with Gasteiger partial charge in [-0.05, 0) is 47.7 Å². The first kappa shape index (κ1) is 17.2. The quantitative estimate of drug-likeness (QED) is 0.788. The standard InChI is InChI=1S/C22H24N2O/c1-2-3-4-8-18-9-5-10-19-14-20(11-12-21(18)19)22(25)24-13-6-7-17(15-23)16-24/h4-5,8-12,14,17H,2-3,6-7,13,16H2,1H3/b8-4+. The predicted octanol–water partition coefficient (Wildman–Crippen LogP) is 5.03. The molecule has 1 heterocycles. The van der Waals surface area contributed by atoms with Crippen molar-refractivity contribution in [2.45, 2.75) is 32.6 Å². The van der Waals surface area contributed by atoms with Crippen molar-refractivity contribution in [3.05, 3.63) is 53.6 Å². The first-order valence-electron chi connectivity index (χ1n) is 9.11. The number of piperidine rings is 1. The van der Waals surface area contributed by atoms with Crippen LogP contribution in [0.3, 0.4) is 0 Å². The van der Waals surface area contributed by atoms with E-state index in [0.717, 1.165) is 37.6 Å². The molecule has 0 aliphatic carbocycles. The molecule has 128 valence electrons. The van der Waals surface area contributed by atoms with Gasteiger partial charge in [0.25, 0.3) is 5.91 Å². The average molecular weight is 332 g/mol. The van der Waals surface area contributed by atoms with Gasteiger partial charge in [-0.25, -0.2) is 0 Å². The number of nitrogens with zero attached hydrogens (tertiary/aromatic N) is 2. The highest BCUT2D eigenvalue weighted by Gasteiger charge is 2.24. The third-order valence-corrected chi connectivity index (χ3v) is 4.81. The molecule has 25 heavy (non-hydrogen) atoms. The lowest BCUT2D eigenvalue weighted by atomic mass is 9.97. The Morgan fingerprint density at radius 1 is 1.36 bits per heavy atom. The van der Waals surface area contributed by atoms with E-state index in [1.807, 2.05) is 29.2 Å². The largest absolute Gasteiger partial charge is 0.337 e. The minimum absolute atomic E-state index is 0.0338. The van der Waals surface area contributed by atoms with E-state index in [9.17, 15) is 4.79 Å². The number of amides is 1. The van der Waals surface area contributed by atoms with E-state index >= 15 is 0 Å². The van der Waals surface area contributed by atoms with E-state index in [-0.39, 0.29) is 11.8 Å². The van der Waals surface area contributed by atoms with Crippen LogP contribution in [0.4, 0.5) is 0 Å². The fourth-order valence-electron chi connectivity index (χ4n) is 3.41. The number of allylic oxidation sites excluding steroid dienone is 1. The first-order valence-corrected chi connectivity index (χ1v) is 9.11. The molecule has 1 atom stereocenters. The molecular formula is C22H24N2O. The number of carbonyl (C=O) groups excluding carboxylic acids is 1. The van der Waals surface area contributed by atoms with Gasteiger partial charge in [0.1, 0.15) is 0 Å². The van der Waals surface area contributed by atoms with E-state index in [4.69, 9.17) is 5.26 Å². The van der Waals surface area contributed by atoms with Gasteiger partial charge in [0.15, 0.2) is 0 Å². The van der Waals surface area contributed by atoms with Crippen molar-refractivity contribution < 1.29 is 4.79 Å². The smallest absolute Gasteiger partial charge is 0.253 e. The number of nitriles is 1. The van der Waals surface area contributed by atoms with Gasteiger partial charge in [-0.1, -0.05) is 49.8 Å². The summed E-state index contributed by atoms with van der Waals surface area (Å²) >= 11 is 0. The fraction of sp³-hybridized carbons (Fsp3) is 0.364. The SMILES string of the molecule is CCC/C=C/c1cccc2cc(C(=O)N3CCCC(C#N)C3)ccc12. The summed E-state index contributed by atoms with van der Waals surface area (Å²) < 4.78 is 0. The van der Waals surface area contributed by atoms with Crippen molar-refractivity contribution in [1.82, 2.24) is 4.90 Å². The Kier molecular flexibility index (Phi) is 5.50. The summed E-state index contributed by atoms with van der Waals surface area (Å²) in [4.78, 5) is 14.6. The molecule has 1 aliphatic heterocycles. The summed E-state index contributed by atoms with van der Waals surface area (Å²) in [6.45, 7) is 3.46. The van der Waals surface area contributed by atoms with Gasteiger partial charge in [0.05, 0.1) is 12.0 Å². The summed E-state index contributed by atoms with van der Waals surface area (Å²) in [6.07, 6.45) is 8.37. The molecule has 3 rings (SSSR count). The van der Waals surface area contributed by atoms with E-state index in [1.165, 1.54) is 10.9 Å². The highest BCUT2D eigenvalue weighted by molar-refractivity contribution is 6.00. The predicted molar refractivity (Wildman–Crippen MR) is 102 cm³/mol. The van der Waals surface area contributed by atoms with Crippen LogP contribution < -0.4 is 0 Å². The Morgan fingerprint density at radius 3 is 3.04 bits per heavy atom. The molecule has 0 aromatic heterocycles. The van der Waals surface area contributed by atoms with Crippen LogP contribution in [0.5, 0.6) is 0 Å². The third-order valence-electron chi connectivity index (χ3n) is 4.81. The van der Waals surface area contributed by atoms with Crippen molar-refractivity contribution >= 4 is 22.8 Å². The number of rotatable bonds is 4. The van der Waals surface area contributed by atoms with E-state index < -0.39 is 0 Å². The summed E-state index contributed by atoms with van der Waals surface area (Å²) in [5.41, 5.74) is 1.90. The van der Waals surface area contributed by atoms with Crippen LogP contribution in [0, 0.1) is 17.2 Å². The minimum atomic E-state index is -0.0338. The van der Waals surface area contributed by atoms with E-state index in [2.05, 4.69) is 37.3 Å². The van der Waals surface area contributed by atoms with Crippen molar-refractivity contribution in [2.75, 3.05) is 13.1 Å². The number of hydrogen-bond donors (Lipinski definition) is 0. The normalized spacial score (nSPS) is 17.8. The highest BCUT2D eigenvalue weighted by atomic mass is 16.2. The molecule has 1 unspecified atom stereocenters. The number of carbonyl (C=O) groups is 1. The summed E-state index contributed by atoms with van der Waals surface area (Å²) in [6, 6.07) is 14.4. The zero-order valence-corrected chi connectivity index (χ0v) is 14.7. The van der Waals surface area contributed by atoms with Gasteiger partial charge in [0.2, 0.25) is 0 Å². The molecular weight excluding hydrogens is 308 g/mol. The summed E-state index contributed by atoms with van der Waals surface area (Å²) in [7, 11) is 0.